The topological polar surface area (TPSA) is 33.2 Å². The van der Waals surface area contributed by atoms with Crippen LogP contribution in [0.2, 0.25) is 0 Å². The third-order valence-corrected chi connectivity index (χ3v) is 4.46. The van der Waals surface area contributed by atoms with Crippen molar-refractivity contribution < 1.29 is 9.18 Å². The predicted molar refractivity (Wildman–Crippen MR) is 92.5 cm³/mol. The molecule has 0 bridgehead atoms. The molecule has 1 amide bonds. The zero-order valence-electron chi connectivity index (χ0n) is 13.0. The Kier molecular flexibility index (Phi) is 4.39. The Morgan fingerprint density at radius 3 is 2.52 bits per heavy atom. The van der Waals surface area contributed by atoms with Crippen LogP contribution < -0.4 is 4.90 Å². The van der Waals surface area contributed by atoms with Crippen LogP contribution in [0.25, 0.3) is 10.2 Å². The number of amides is 1. The Bertz CT molecular complexity index is 793. The van der Waals surface area contributed by atoms with Crippen molar-refractivity contribution in [3.63, 3.8) is 0 Å². The zero-order chi connectivity index (χ0) is 16.4. The predicted octanol–water partition coefficient (Wildman–Crippen LogP) is 4.74. The Labute approximate surface area is 138 Å². The van der Waals surface area contributed by atoms with E-state index in [1.165, 1.54) is 35.6 Å². The molecule has 0 aliphatic carbocycles. The van der Waals surface area contributed by atoms with Gasteiger partial charge in [-0.1, -0.05) is 37.3 Å². The zero-order valence-corrected chi connectivity index (χ0v) is 13.8. The standard InChI is InChI=1S/C18H17FN2OS/c1-12(2)11-21(17(22)13-7-9-14(19)10-8-13)18-20-15-5-3-4-6-16(15)23-18/h3-10,12H,11H2,1-2H3. The summed E-state index contributed by atoms with van der Waals surface area (Å²) in [6, 6.07) is 13.5. The van der Waals surface area contributed by atoms with Crippen molar-refractivity contribution in [1.29, 1.82) is 0 Å². The molecular formula is C18H17FN2OS. The van der Waals surface area contributed by atoms with Crippen molar-refractivity contribution in [2.45, 2.75) is 13.8 Å². The summed E-state index contributed by atoms with van der Waals surface area (Å²) >= 11 is 1.49. The molecule has 23 heavy (non-hydrogen) atoms. The molecule has 1 heterocycles. The summed E-state index contributed by atoms with van der Waals surface area (Å²) in [5.74, 6) is -0.207. The Balaban J connectivity index is 1.99. The average molecular weight is 328 g/mol. The molecule has 0 aliphatic heterocycles. The van der Waals surface area contributed by atoms with Crippen molar-refractivity contribution in [2.24, 2.45) is 5.92 Å². The van der Waals surface area contributed by atoms with Gasteiger partial charge in [0.15, 0.2) is 5.13 Å². The van der Waals surface area contributed by atoms with Gasteiger partial charge in [-0.2, -0.15) is 0 Å². The summed E-state index contributed by atoms with van der Waals surface area (Å²) in [5, 5.41) is 0.675. The molecule has 118 valence electrons. The van der Waals surface area contributed by atoms with E-state index in [0.717, 1.165) is 10.2 Å². The number of anilines is 1. The van der Waals surface area contributed by atoms with Crippen LogP contribution in [-0.4, -0.2) is 17.4 Å². The lowest BCUT2D eigenvalue weighted by molar-refractivity contribution is 0.0984. The number of carbonyl (C=O) groups is 1. The molecule has 3 aromatic rings. The molecule has 0 aliphatic rings. The fraction of sp³-hybridized carbons (Fsp3) is 0.222. The molecule has 2 aromatic carbocycles. The third-order valence-electron chi connectivity index (χ3n) is 3.40. The molecule has 5 heteroatoms. The highest BCUT2D eigenvalue weighted by molar-refractivity contribution is 7.22. The number of halogens is 1. The van der Waals surface area contributed by atoms with Gasteiger partial charge in [0.25, 0.3) is 5.91 Å². The van der Waals surface area contributed by atoms with E-state index in [-0.39, 0.29) is 11.7 Å². The van der Waals surface area contributed by atoms with Gasteiger partial charge < -0.3 is 0 Å². The molecule has 0 atom stereocenters. The second kappa shape index (κ2) is 6.46. The van der Waals surface area contributed by atoms with Crippen LogP contribution >= 0.6 is 11.3 Å². The fourth-order valence-corrected chi connectivity index (χ4v) is 3.31. The molecular weight excluding hydrogens is 311 g/mol. The van der Waals surface area contributed by atoms with E-state index in [0.29, 0.717) is 23.2 Å². The van der Waals surface area contributed by atoms with Crippen molar-refractivity contribution in [2.75, 3.05) is 11.4 Å². The van der Waals surface area contributed by atoms with E-state index < -0.39 is 0 Å². The van der Waals surface area contributed by atoms with E-state index >= 15 is 0 Å². The fourth-order valence-electron chi connectivity index (χ4n) is 2.34. The van der Waals surface area contributed by atoms with Crippen molar-refractivity contribution in [3.05, 3.63) is 59.9 Å². The Hall–Kier alpha value is -2.27. The van der Waals surface area contributed by atoms with Gasteiger partial charge in [0.1, 0.15) is 5.82 Å². The first kappa shape index (κ1) is 15.6. The SMILES string of the molecule is CC(C)CN(C(=O)c1ccc(F)cc1)c1nc2ccccc2s1. The molecule has 0 spiro atoms. The Morgan fingerprint density at radius 1 is 1.17 bits per heavy atom. The molecule has 0 saturated heterocycles. The van der Waals surface area contributed by atoms with Crippen molar-refractivity contribution in [1.82, 2.24) is 4.98 Å². The van der Waals surface area contributed by atoms with Gasteiger partial charge in [-0.15, -0.1) is 0 Å². The van der Waals surface area contributed by atoms with Crippen LogP contribution in [0.1, 0.15) is 24.2 Å². The van der Waals surface area contributed by atoms with Gasteiger partial charge >= 0.3 is 0 Å². The smallest absolute Gasteiger partial charge is 0.260 e. The van der Waals surface area contributed by atoms with E-state index in [1.54, 1.807) is 4.90 Å². The first-order chi connectivity index (χ1) is 11.0. The highest BCUT2D eigenvalue weighted by Crippen LogP contribution is 2.30. The molecule has 0 N–H and O–H groups in total. The summed E-state index contributed by atoms with van der Waals surface area (Å²) in [6.45, 7) is 4.67. The van der Waals surface area contributed by atoms with Gasteiger partial charge in [-0.25, -0.2) is 9.37 Å². The first-order valence-corrected chi connectivity index (χ1v) is 8.29. The number of para-hydroxylation sites is 1. The number of aromatic nitrogens is 1. The lowest BCUT2D eigenvalue weighted by Crippen LogP contribution is -2.34. The second-order valence-corrected chi connectivity index (χ2v) is 6.79. The normalized spacial score (nSPS) is 11.1. The maximum Gasteiger partial charge on any atom is 0.260 e. The molecule has 0 saturated carbocycles. The van der Waals surface area contributed by atoms with Crippen LogP contribution in [0.3, 0.4) is 0 Å². The molecule has 1 aromatic heterocycles. The van der Waals surface area contributed by atoms with Gasteiger partial charge in [-0.05, 0) is 42.3 Å². The molecule has 3 rings (SSSR count). The second-order valence-electron chi connectivity index (χ2n) is 5.78. The van der Waals surface area contributed by atoms with E-state index in [9.17, 15) is 9.18 Å². The third kappa shape index (κ3) is 3.40. The minimum atomic E-state index is -0.350. The summed E-state index contributed by atoms with van der Waals surface area (Å²) < 4.78 is 14.1. The minimum absolute atomic E-state index is 0.155. The number of hydrogen-bond donors (Lipinski definition) is 0. The summed E-state index contributed by atoms with van der Waals surface area (Å²) in [4.78, 5) is 19.1. The number of thiazole rings is 1. The number of rotatable bonds is 4. The van der Waals surface area contributed by atoms with Crippen molar-refractivity contribution in [3.8, 4) is 0 Å². The van der Waals surface area contributed by atoms with E-state index in [1.807, 2.05) is 24.3 Å². The van der Waals surface area contributed by atoms with E-state index in [4.69, 9.17) is 0 Å². The number of fused-ring (bicyclic) bond motifs is 1. The molecule has 0 radical (unpaired) electrons. The van der Waals surface area contributed by atoms with Gasteiger partial charge in [0.05, 0.1) is 10.2 Å². The quantitative estimate of drug-likeness (QED) is 0.693. The minimum Gasteiger partial charge on any atom is -0.284 e. The summed E-state index contributed by atoms with van der Waals surface area (Å²) in [7, 11) is 0. The average Bonchev–Trinajstić information content (AvgIpc) is 2.96. The number of nitrogens with zero attached hydrogens (tertiary/aromatic N) is 2. The maximum absolute atomic E-state index is 13.1. The van der Waals surface area contributed by atoms with Crippen molar-refractivity contribution >= 4 is 32.6 Å². The van der Waals surface area contributed by atoms with Crippen LogP contribution in [0.15, 0.2) is 48.5 Å². The first-order valence-electron chi connectivity index (χ1n) is 7.47. The van der Waals surface area contributed by atoms with Gasteiger partial charge in [0.2, 0.25) is 0 Å². The van der Waals surface area contributed by atoms with Crippen LogP contribution in [0, 0.1) is 11.7 Å². The maximum atomic E-state index is 13.1. The van der Waals surface area contributed by atoms with Crippen LogP contribution in [0.4, 0.5) is 9.52 Å². The van der Waals surface area contributed by atoms with E-state index in [2.05, 4.69) is 18.8 Å². The van der Waals surface area contributed by atoms with Gasteiger partial charge in [0, 0.05) is 12.1 Å². The van der Waals surface area contributed by atoms with Gasteiger partial charge in [-0.3, -0.25) is 9.69 Å². The number of carbonyl (C=O) groups excluding carboxylic acids is 1. The monoisotopic (exact) mass is 328 g/mol. The number of benzene rings is 2. The highest BCUT2D eigenvalue weighted by atomic mass is 32.1. The number of hydrogen-bond acceptors (Lipinski definition) is 3. The molecule has 3 nitrogen and oxygen atoms in total. The lowest BCUT2D eigenvalue weighted by atomic mass is 10.1. The molecule has 0 fully saturated rings. The van der Waals surface area contributed by atoms with Crippen LogP contribution in [-0.2, 0) is 0 Å². The summed E-state index contributed by atoms with van der Waals surface area (Å²) in [5.41, 5.74) is 1.35. The Morgan fingerprint density at radius 2 is 1.87 bits per heavy atom. The largest absolute Gasteiger partial charge is 0.284 e. The lowest BCUT2D eigenvalue weighted by Gasteiger charge is -2.22. The highest BCUT2D eigenvalue weighted by Gasteiger charge is 2.22. The molecule has 0 unspecified atom stereocenters. The summed E-state index contributed by atoms with van der Waals surface area (Å²) in [6.07, 6.45) is 0. The van der Waals surface area contributed by atoms with Crippen LogP contribution in [0.5, 0.6) is 0 Å².